The summed E-state index contributed by atoms with van der Waals surface area (Å²) >= 11 is 0. The van der Waals surface area contributed by atoms with E-state index in [4.69, 9.17) is 4.74 Å². The van der Waals surface area contributed by atoms with Crippen LogP contribution in [0.1, 0.15) is 16.1 Å². The number of H-pyrrole nitrogens is 1. The van der Waals surface area contributed by atoms with Crippen molar-refractivity contribution in [1.82, 2.24) is 20.0 Å². The Kier molecular flexibility index (Phi) is 5.57. The Morgan fingerprint density at radius 1 is 1.10 bits per heavy atom. The smallest absolute Gasteiger partial charge is 0.271 e. The molecular formula is C22H23FN4O2. The van der Waals surface area contributed by atoms with Crippen LogP contribution in [0, 0.1) is 5.82 Å². The highest BCUT2D eigenvalue weighted by molar-refractivity contribution is 5.93. The number of hydrogen-bond acceptors (Lipinski definition) is 4. The minimum Gasteiger partial charge on any atom is -0.496 e. The Labute approximate surface area is 168 Å². The van der Waals surface area contributed by atoms with Crippen LogP contribution in [0.4, 0.5) is 4.39 Å². The second kappa shape index (κ2) is 8.45. The van der Waals surface area contributed by atoms with E-state index in [1.807, 2.05) is 35.2 Å². The zero-order chi connectivity index (χ0) is 20.2. The first-order valence-electron chi connectivity index (χ1n) is 9.59. The average Bonchev–Trinajstić information content (AvgIpc) is 3.25. The molecule has 1 aliphatic rings. The van der Waals surface area contributed by atoms with Crippen LogP contribution in [-0.2, 0) is 6.54 Å². The Morgan fingerprint density at radius 2 is 1.86 bits per heavy atom. The van der Waals surface area contributed by atoms with Crippen molar-refractivity contribution in [3.05, 3.63) is 71.7 Å². The number of carbonyl (C=O) groups is 1. The van der Waals surface area contributed by atoms with Gasteiger partial charge in [-0.25, -0.2) is 4.39 Å². The molecule has 2 heterocycles. The number of methoxy groups -OCH3 is 1. The molecule has 7 heteroatoms. The quantitative estimate of drug-likeness (QED) is 0.722. The number of piperazine rings is 1. The highest BCUT2D eigenvalue weighted by Crippen LogP contribution is 2.22. The number of rotatable bonds is 5. The lowest BCUT2D eigenvalue weighted by molar-refractivity contribution is 0.0621. The number of amides is 1. The summed E-state index contributed by atoms with van der Waals surface area (Å²) in [5.41, 5.74) is 3.03. The van der Waals surface area contributed by atoms with Gasteiger partial charge in [-0.1, -0.05) is 30.3 Å². The number of aromatic amines is 1. The van der Waals surface area contributed by atoms with E-state index in [-0.39, 0.29) is 11.7 Å². The molecule has 3 aromatic rings. The monoisotopic (exact) mass is 394 g/mol. The Hall–Kier alpha value is -3.19. The molecule has 1 amide bonds. The number of benzene rings is 2. The van der Waals surface area contributed by atoms with Crippen molar-refractivity contribution in [1.29, 1.82) is 0 Å². The number of carbonyl (C=O) groups excluding carboxylic acids is 1. The Morgan fingerprint density at radius 3 is 2.59 bits per heavy atom. The van der Waals surface area contributed by atoms with Crippen LogP contribution in [0.25, 0.3) is 11.3 Å². The van der Waals surface area contributed by atoms with Crippen LogP contribution in [0.3, 0.4) is 0 Å². The molecular weight excluding hydrogens is 371 g/mol. The molecule has 0 unspecified atom stereocenters. The topological polar surface area (TPSA) is 61.5 Å². The van der Waals surface area contributed by atoms with Gasteiger partial charge in [-0.05, 0) is 24.3 Å². The zero-order valence-corrected chi connectivity index (χ0v) is 16.3. The molecule has 1 saturated heterocycles. The van der Waals surface area contributed by atoms with Gasteiger partial charge in [0.25, 0.3) is 5.91 Å². The third kappa shape index (κ3) is 4.30. The summed E-state index contributed by atoms with van der Waals surface area (Å²) in [5, 5.41) is 7.13. The molecule has 1 N–H and O–H groups in total. The molecule has 0 spiro atoms. The molecule has 29 heavy (non-hydrogen) atoms. The van der Waals surface area contributed by atoms with Gasteiger partial charge in [-0.3, -0.25) is 14.8 Å². The van der Waals surface area contributed by atoms with E-state index in [2.05, 4.69) is 15.1 Å². The Balaban J connectivity index is 1.37. The number of ether oxygens (including phenoxy) is 1. The van der Waals surface area contributed by atoms with E-state index in [0.29, 0.717) is 44.2 Å². The van der Waals surface area contributed by atoms with E-state index in [1.165, 1.54) is 12.1 Å². The van der Waals surface area contributed by atoms with Crippen molar-refractivity contribution in [3.63, 3.8) is 0 Å². The average molecular weight is 394 g/mol. The largest absolute Gasteiger partial charge is 0.496 e. The summed E-state index contributed by atoms with van der Waals surface area (Å²) in [5.74, 6) is 0.349. The maximum atomic E-state index is 13.6. The third-order valence-electron chi connectivity index (χ3n) is 5.17. The summed E-state index contributed by atoms with van der Waals surface area (Å²) in [6, 6.07) is 16.1. The van der Waals surface area contributed by atoms with Gasteiger partial charge in [0.05, 0.1) is 12.8 Å². The number of aromatic nitrogens is 2. The predicted molar refractivity (Wildman–Crippen MR) is 108 cm³/mol. The van der Waals surface area contributed by atoms with E-state index in [1.54, 1.807) is 19.2 Å². The first-order chi connectivity index (χ1) is 14.1. The molecule has 2 aromatic carbocycles. The highest BCUT2D eigenvalue weighted by atomic mass is 19.1. The van der Waals surface area contributed by atoms with Gasteiger partial charge < -0.3 is 9.64 Å². The lowest BCUT2D eigenvalue weighted by Gasteiger charge is -2.34. The second-order valence-corrected chi connectivity index (χ2v) is 7.06. The summed E-state index contributed by atoms with van der Waals surface area (Å²) in [6.45, 7) is 3.23. The fraction of sp³-hybridized carbons (Fsp3) is 0.273. The lowest BCUT2D eigenvalue weighted by atomic mass is 10.1. The van der Waals surface area contributed by atoms with E-state index >= 15 is 0 Å². The number of nitrogens with zero attached hydrogens (tertiary/aromatic N) is 3. The van der Waals surface area contributed by atoms with Crippen LogP contribution < -0.4 is 4.74 Å². The zero-order valence-electron chi connectivity index (χ0n) is 16.3. The van der Waals surface area contributed by atoms with E-state index in [9.17, 15) is 9.18 Å². The van der Waals surface area contributed by atoms with Crippen molar-refractivity contribution in [2.75, 3.05) is 33.3 Å². The number of nitrogens with one attached hydrogen (secondary N) is 1. The highest BCUT2D eigenvalue weighted by Gasteiger charge is 2.24. The van der Waals surface area contributed by atoms with Crippen molar-refractivity contribution in [2.24, 2.45) is 0 Å². The van der Waals surface area contributed by atoms with Crippen molar-refractivity contribution in [3.8, 4) is 17.0 Å². The normalized spacial score (nSPS) is 14.8. The Bertz CT molecular complexity index is 981. The maximum absolute atomic E-state index is 13.6. The summed E-state index contributed by atoms with van der Waals surface area (Å²) in [4.78, 5) is 16.8. The van der Waals surface area contributed by atoms with E-state index in [0.717, 1.165) is 16.8 Å². The summed E-state index contributed by atoms with van der Waals surface area (Å²) in [7, 11) is 1.58. The first kappa shape index (κ1) is 19.1. The fourth-order valence-electron chi connectivity index (χ4n) is 3.58. The minimum absolute atomic E-state index is 0.0531. The second-order valence-electron chi connectivity index (χ2n) is 7.06. The minimum atomic E-state index is -0.275. The number of halogens is 1. The third-order valence-corrected chi connectivity index (χ3v) is 5.17. The van der Waals surface area contributed by atoms with Gasteiger partial charge in [0, 0.05) is 43.9 Å². The van der Waals surface area contributed by atoms with Gasteiger partial charge in [0.1, 0.15) is 17.3 Å². The molecule has 1 fully saturated rings. The van der Waals surface area contributed by atoms with Crippen LogP contribution in [0.5, 0.6) is 5.75 Å². The van der Waals surface area contributed by atoms with Crippen LogP contribution in [0.2, 0.25) is 0 Å². The molecule has 1 aromatic heterocycles. The molecule has 6 nitrogen and oxygen atoms in total. The first-order valence-corrected chi connectivity index (χ1v) is 9.59. The van der Waals surface area contributed by atoms with Gasteiger partial charge in [0.2, 0.25) is 0 Å². The van der Waals surface area contributed by atoms with Crippen LogP contribution in [-0.4, -0.2) is 59.2 Å². The molecule has 1 aliphatic heterocycles. The molecule has 4 rings (SSSR count). The molecule has 0 atom stereocenters. The number of hydrogen-bond donors (Lipinski definition) is 1. The predicted octanol–water partition coefficient (Wildman–Crippen LogP) is 3.18. The van der Waals surface area contributed by atoms with Gasteiger partial charge >= 0.3 is 0 Å². The molecule has 0 bridgehead atoms. The van der Waals surface area contributed by atoms with Crippen LogP contribution >= 0.6 is 0 Å². The lowest BCUT2D eigenvalue weighted by Crippen LogP contribution is -2.48. The summed E-state index contributed by atoms with van der Waals surface area (Å²) < 4.78 is 18.9. The molecule has 150 valence electrons. The van der Waals surface area contributed by atoms with Gasteiger partial charge in [-0.15, -0.1) is 0 Å². The van der Waals surface area contributed by atoms with Crippen molar-refractivity contribution in [2.45, 2.75) is 6.54 Å². The SMILES string of the molecule is COc1ccc(F)cc1CN1CCN(C(=O)c2cc(-c3ccccc3)n[nH]2)CC1. The fourth-order valence-corrected chi connectivity index (χ4v) is 3.58. The van der Waals surface area contributed by atoms with E-state index < -0.39 is 0 Å². The van der Waals surface area contributed by atoms with Gasteiger partial charge in [0.15, 0.2) is 0 Å². The standard InChI is InChI=1S/C22H23FN4O2/c1-29-21-8-7-18(23)13-17(21)15-26-9-11-27(12-10-26)22(28)20-14-19(24-25-20)16-5-3-2-4-6-16/h2-8,13-14H,9-12,15H2,1H3,(H,24,25). The maximum Gasteiger partial charge on any atom is 0.271 e. The van der Waals surface area contributed by atoms with Crippen molar-refractivity contribution < 1.29 is 13.9 Å². The molecule has 0 aliphatic carbocycles. The summed E-state index contributed by atoms with van der Waals surface area (Å²) in [6.07, 6.45) is 0. The van der Waals surface area contributed by atoms with Crippen molar-refractivity contribution >= 4 is 5.91 Å². The molecule has 0 radical (unpaired) electrons. The van der Waals surface area contributed by atoms with Crippen LogP contribution in [0.15, 0.2) is 54.6 Å². The molecule has 0 saturated carbocycles. The van der Waals surface area contributed by atoms with Gasteiger partial charge in [-0.2, -0.15) is 5.10 Å².